The molecule has 0 aliphatic rings. The summed E-state index contributed by atoms with van der Waals surface area (Å²) in [6.45, 7) is 1.76. The normalized spacial score (nSPS) is 10.6. The molecule has 7 heteroatoms. The Morgan fingerprint density at radius 1 is 1.65 bits per heavy atom. The number of nitrogens with zero attached hydrogens (tertiary/aromatic N) is 1. The second kappa shape index (κ2) is 5.77. The van der Waals surface area contributed by atoms with E-state index in [1.165, 1.54) is 0 Å². The number of esters is 1. The molecular weight excluding hydrogens is 256 g/mol. The molecule has 0 radical (unpaired) electrons. The standard InChI is InChI=1S/C10H10ClF2NO3/c1-2-17-8(15)4-6-9(16)5(11)3-7(14-6)10(12)13/h3,10,16H,2,4H2,1H3. The van der Waals surface area contributed by atoms with E-state index in [1.807, 2.05) is 0 Å². The van der Waals surface area contributed by atoms with Crippen molar-refractivity contribution >= 4 is 17.6 Å². The molecule has 17 heavy (non-hydrogen) atoms. The molecule has 1 aromatic heterocycles. The summed E-state index contributed by atoms with van der Waals surface area (Å²) in [5.74, 6) is -1.15. The van der Waals surface area contributed by atoms with Crippen LogP contribution in [0.15, 0.2) is 6.07 Å². The summed E-state index contributed by atoms with van der Waals surface area (Å²) in [7, 11) is 0. The van der Waals surface area contributed by atoms with E-state index in [4.69, 9.17) is 11.6 Å². The third-order valence-electron chi connectivity index (χ3n) is 1.88. The number of carbonyl (C=O) groups excluding carboxylic acids is 1. The van der Waals surface area contributed by atoms with Gasteiger partial charge in [0.2, 0.25) is 0 Å². The van der Waals surface area contributed by atoms with Crippen LogP contribution in [0.2, 0.25) is 5.02 Å². The van der Waals surface area contributed by atoms with Crippen molar-refractivity contribution < 1.29 is 23.4 Å². The van der Waals surface area contributed by atoms with Crippen molar-refractivity contribution in [3.8, 4) is 5.75 Å². The summed E-state index contributed by atoms with van der Waals surface area (Å²) in [6, 6.07) is 0.857. The maximum atomic E-state index is 12.4. The molecule has 0 amide bonds. The van der Waals surface area contributed by atoms with Crippen molar-refractivity contribution in [2.45, 2.75) is 19.8 Å². The van der Waals surface area contributed by atoms with E-state index in [1.54, 1.807) is 6.92 Å². The lowest BCUT2D eigenvalue weighted by molar-refractivity contribution is -0.142. The minimum atomic E-state index is -2.82. The number of rotatable bonds is 4. The average molecular weight is 266 g/mol. The Bertz CT molecular complexity index is 426. The zero-order chi connectivity index (χ0) is 13.0. The quantitative estimate of drug-likeness (QED) is 0.850. The monoisotopic (exact) mass is 265 g/mol. The Labute approximate surface area is 101 Å². The first-order chi connectivity index (χ1) is 7.95. The minimum absolute atomic E-state index is 0.155. The summed E-state index contributed by atoms with van der Waals surface area (Å²) in [5.41, 5.74) is -0.807. The van der Waals surface area contributed by atoms with Crippen LogP contribution in [0, 0.1) is 0 Å². The van der Waals surface area contributed by atoms with E-state index in [9.17, 15) is 18.7 Å². The van der Waals surface area contributed by atoms with Crippen molar-refractivity contribution in [3.63, 3.8) is 0 Å². The third kappa shape index (κ3) is 3.52. The van der Waals surface area contributed by atoms with Gasteiger partial charge in [-0.1, -0.05) is 11.6 Å². The van der Waals surface area contributed by atoms with Gasteiger partial charge in [-0.05, 0) is 13.0 Å². The molecule has 0 spiro atoms. The fourth-order valence-corrected chi connectivity index (χ4v) is 1.38. The molecule has 94 valence electrons. The highest BCUT2D eigenvalue weighted by Crippen LogP contribution is 2.30. The number of aromatic hydroxyl groups is 1. The lowest BCUT2D eigenvalue weighted by atomic mass is 10.2. The van der Waals surface area contributed by atoms with Crippen LogP contribution in [0.1, 0.15) is 24.7 Å². The maximum absolute atomic E-state index is 12.4. The molecule has 1 aromatic rings. The van der Waals surface area contributed by atoms with Gasteiger partial charge in [-0.3, -0.25) is 4.79 Å². The van der Waals surface area contributed by atoms with E-state index in [2.05, 4.69) is 9.72 Å². The topological polar surface area (TPSA) is 59.4 Å². The van der Waals surface area contributed by atoms with E-state index < -0.39 is 30.3 Å². The van der Waals surface area contributed by atoms with Crippen molar-refractivity contribution in [2.24, 2.45) is 0 Å². The van der Waals surface area contributed by atoms with Crippen molar-refractivity contribution in [2.75, 3.05) is 6.61 Å². The van der Waals surface area contributed by atoms with Gasteiger partial charge >= 0.3 is 5.97 Å². The number of carbonyl (C=O) groups is 1. The SMILES string of the molecule is CCOC(=O)Cc1nc(C(F)F)cc(Cl)c1O. The predicted molar refractivity (Wildman–Crippen MR) is 56.2 cm³/mol. The molecule has 4 nitrogen and oxygen atoms in total. The first-order valence-corrected chi connectivity index (χ1v) is 5.15. The first-order valence-electron chi connectivity index (χ1n) is 4.77. The van der Waals surface area contributed by atoms with Gasteiger partial charge in [-0.25, -0.2) is 13.8 Å². The van der Waals surface area contributed by atoms with Crippen LogP contribution in [0.4, 0.5) is 8.78 Å². The van der Waals surface area contributed by atoms with Crippen molar-refractivity contribution in [3.05, 3.63) is 22.5 Å². The number of pyridine rings is 1. The molecule has 0 aliphatic carbocycles. The van der Waals surface area contributed by atoms with Gasteiger partial charge in [0.15, 0.2) is 5.75 Å². The summed E-state index contributed by atoms with van der Waals surface area (Å²) < 4.78 is 29.5. The van der Waals surface area contributed by atoms with Crippen LogP contribution >= 0.6 is 11.6 Å². The van der Waals surface area contributed by atoms with Gasteiger partial charge < -0.3 is 9.84 Å². The van der Waals surface area contributed by atoms with Crippen LogP contribution in [0.25, 0.3) is 0 Å². The summed E-state index contributed by atoms with van der Waals surface area (Å²) in [6.07, 6.45) is -3.23. The Balaban J connectivity index is 3.01. The third-order valence-corrected chi connectivity index (χ3v) is 2.17. The smallest absolute Gasteiger partial charge is 0.312 e. The van der Waals surface area contributed by atoms with Gasteiger partial charge in [0.25, 0.3) is 6.43 Å². The second-order valence-corrected chi connectivity index (χ2v) is 3.51. The van der Waals surface area contributed by atoms with E-state index in [0.717, 1.165) is 6.07 Å². The fourth-order valence-electron chi connectivity index (χ4n) is 1.16. The van der Waals surface area contributed by atoms with Crippen molar-refractivity contribution in [1.29, 1.82) is 0 Å². The second-order valence-electron chi connectivity index (χ2n) is 3.11. The molecule has 0 bridgehead atoms. The van der Waals surface area contributed by atoms with Gasteiger partial charge in [0.05, 0.1) is 23.7 Å². The Morgan fingerprint density at radius 3 is 2.82 bits per heavy atom. The molecule has 1 heterocycles. The molecule has 0 saturated heterocycles. The highest BCUT2D eigenvalue weighted by molar-refractivity contribution is 6.32. The molecule has 0 fully saturated rings. The first kappa shape index (κ1) is 13.6. The van der Waals surface area contributed by atoms with E-state index >= 15 is 0 Å². The fraction of sp³-hybridized carbons (Fsp3) is 0.400. The molecule has 0 aliphatic heterocycles. The zero-order valence-corrected chi connectivity index (χ0v) is 9.67. The minimum Gasteiger partial charge on any atom is -0.505 e. The summed E-state index contributed by atoms with van der Waals surface area (Å²) in [4.78, 5) is 14.6. The Hall–Kier alpha value is -1.43. The van der Waals surface area contributed by atoms with Gasteiger partial charge in [-0.15, -0.1) is 0 Å². The molecular formula is C10H10ClF2NO3. The lowest BCUT2D eigenvalue weighted by Crippen LogP contribution is -2.10. The van der Waals surface area contributed by atoms with Crippen LogP contribution in [0.5, 0.6) is 5.75 Å². The number of aromatic nitrogens is 1. The summed E-state index contributed by atoms with van der Waals surface area (Å²) >= 11 is 5.55. The number of alkyl halides is 2. The van der Waals surface area contributed by atoms with Crippen LogP contribution < -0.4 is 0 Å². The molecule has 0 unspecified atom stereocenters. The highest BCUT2D eigenvalue weighted by Gasteiger charge is 2.18. The molecule has 0 aromatic carbocycles. The Kier molecular flexibility index (Phi) is 4.62. The largest absolute Gasteiger partial charge is 0.505 e. The Morgan fingerprint density at radius 2 is 2.29 bits per heavy atom. The lowest BCUT2D eigenvalue weighted by Gasteiger charge is -2.08. The zero-order valence-electron chi connectivity index (χ0n) is 8.91. The van der Waals surface area contributed by atoms with Gasteiger partial charge in [0.1, 0.15) is 5.69 Å². The van der Waals surface area contributed by atoms with Crippen LogP contribution in [-0.4, -0.2) is 22.7 Å². The van der Waals surface area contributed by atoms with Crippen LogP contribution in [-0.2, 0) is 16.0 Å². The maximum Gasteiger partial charge on any atom is 0.312 e. The van der Waals surface area contributed by atoms with Crippen molar-refractivity contribution in [1.82, 2.24) is 4.98 Å². The average Bonchev–Trinajstić information content (AvgIpc) is 2.24. The van der Waals surface area contributed by atoms with Crippen LogP contribution in [0.3, 0.4) is 0 Å². The number of ether oxygens (including phenoxy) is 1. The molecule has 1 rings (SSSR count). The number of hydrogen-bond donors (Lipinski definition) is 1. The highest BCUT2D eigenvalue weighted by atomic mass is 35.5. The molecule has 1 N–H and O–H groups in total. The predicted octanol–water partition coefficient (Wildman–Crippen LogP) is 2.48. The summed E-state index contributed by atoms with van der Waals surface area (Å²) in [5, 5.41) is 9.20. The van der Waals surface area contributed by atoms with Gasteiger partial charge in [-0.2, -0.15) is 0 Å². The number of halogens is 3. The number of hydrogen-bond acceptors (Lipinski definition) is 4. The molecule has 0 atom stereocenters. The van der Waals surface area contributed by atoms with Gasteiger partial charge in [0, 0.05) is 0 Å². The van der Waals surface area contributed by atoms with E-state index in [0.29, 0.717) is 0 Å². The van der Waals surface area contributed by atoms with E-state index in [-0.39, 0.29) is 17.3 Å². The molecule has 0 saturated carbocycles.